The lowest BCUT2D eigenvalue weighted by atomic mass is 9.63. The summed E-state index contributed by atoms with van der Waals surface area (Å²) in [4.78, 5) is 15.2. The fraction of sp³-hybridized carbons (Fsp3) is 0.514. The number of fused-ring (bicyclic) bond motifs is 2. The highest BCUT2D eigenvalue weighted by atomic mass is 16.5. The summed E-state index contributed by atoms with van der Waals surface area (Å²) in [5, 5.41) is 9.56. The minimum atomic E-state index is 0.108. The van der Waals surface area contributed by atoms with E-state index in [0.717, 1.165) is 101 Å². The number of hydrogen-bond donors (Lipinski definition) is 1. The maximum absolute atomic E-state index is 6.61. The van der Waals surface area contributed by atoms with E-state index in [1.807, 2.05) is 19.2 Å². The number of H-pyrrole nitrogens is 1. The van der Waals surface area contributed by atoms with Crippen molar-refractivity contribution in [3.8, 4) is 22.9 Å². The van der Waals surface area contributed by atoms with Gasteiger partial charge in [-0.2, -0.15) is 15.1 Å². The average molecular weight is 581 g/mol. The van der Waals surface area contributed by atoms with Crippen molar-refractivity contribution in [3.05, 3.63) is 42.1 Å². The van der Waals surface area contributed by atoms with E-state index in [-0.39, 0.29) is 6.10 Å². The summed E-state index contributed by atoms with van der Waals surface area (Å²) in [7, 11) is 0. The summed E-state index contributed by atoms with van der Waals surface area (Å²) in [5.41, 5.74) is 6.57. The molecule has 7 rings (SSSR count). The number of aromatic amines is 1. The molecular weight excluding hydrogens is 536 g/mol. The first kappa shape index (κ1) is 28.1. The van der Waals surface area contributed by atoms with Gasteiger partial charge in [0.2, 0.25) is 0 Å². The Morgan fingerprint density at radius 2 is 1.81 bits per heavy atom. The van der Waals surface area contributed by atoms with Gasteiger partial charge in [-0.15, -0.1) is 0 Å². The lowest BCUT2D eigenvalue weighted by Gasteiger charge is -2.48. The zero-order valence-electron chi connectivity index (χ0n) is 25.9. The van der Waals surface area contributed by atoms with Crippen molar-refractivity contribution < 1.29 is 9.47 Å². The number of piperidine rings is 2. The van der Waals surface area contributed by atoms with Crippen LogP contribution in [0.1, 0.15) is 69.9 Å². The third kappa shape index (κ3) is 5.03. The van der Waals surface area contributed by atoms with Crippen molar-refractivity contribution >= 4 is 33.7 Å². The predicted molar refractivity (Wildman–Crippen MR) is 174 cm³/mol. The number of aryl methyl sites for hydroxylation is 1. The zero-order chi connectivity index (χ0) is 29.6. The fourth-order valence-electron chi connectivity index (χ4n) is 7.54. The Hall–Kier alpha value is -3.65. The van der Waals surface area contributed by atoms with Crippen molar-refractivity contribution in [2.24, 2.45) is 5.41 Å². The number of rotatable bonds is 8. The average Bonchev–Trinajstić information content (AvgIpc) is 3.50. The number of aromatic nitrogens is 4. The highest BCUT2D eigenvalue weighted by molar-refractivity contribution is 6.07. The molecule has 226 valence electrons. The van der Waals surface area contributed by atoms with E-state index in [2.05, 4.69) is 58.6 Å². The van der Waals surface area contributed by atoms with Crippen LogP contribution in [0.5, 0.6) is 11.8 Å². The number of ether oxygens (including phenoxy) is 2. The second kappa shape index (κ2) is 11.5. The van der Waals surface area contributed by atoms with Crippen molar-refractivity contribution in [1.29, 1.82) is 0 Å². The van der Waals surface area contributed by atoms with Gasteiger partial charge in [-0.05, 0) is 93.2 Å². The molecule has 1 N–H and O–H groups in total. The van der Waals surface area contributed by atoms with Crippen LogP contribution in [0.25, 0.3) is 39.0 Å². The van der Waals surface area contributed by atoms with Crippen LogP contribution in [0.15, 0.2) is 31.0 Å². The van der Waals surface area contributed by atoms with Crippen LogP contribution < -0.4 is 14.4 Å². The Morgan fingerprint density at radius 3 is 2.49 bits per heavy atom. The van der Waals surface area contributed by atoms with Crippen molar-refractivity contribution in [3.63, 3.8) is 0 Å². The second-order valence-electron chi connectivity index (χ2n) is 12.7. The van der Waals surface area contributed by atoms with E-state index < -0.39 is 0 Å². The molecule has 3 fully saturated rings. The summed E-state index contributed by atoms with van der Waals surface area (Å²) < 4.78 is 13.2. The van der Waals surface area contributed by atoms with Crippen molar-refractivity contribution in [2.75, 3.05) is 44.2 Å². The third-order valence-corrected chi connectivity index (χ3v) is 10.3. The number of nitrogens with one attached hydrogen (secondary N) is 1. The van der Waals surface area contributed by atoms with Gasteiger partial charge >= 0.3 is 6.01 Å². The molecule has 0 atom stereocenters. The normalized spacial score (nSPS) is 19.2. The molecule has 0 bridgehead atoms. The second-order valence-corrected chi connectivity index (χ2v) is 12.7. The molecule has 4 aromatic rings. The molecule has 0 radical (unpaired) electrons. The Balaban J connectivity index is 1.40. The summed E-state index contributed by atoms with van der Waals surface area (Å²) in [5.74, 6) is 1.71. The van der Waals surface area contributed by atoms with E-state index >= 15 is 0 Å². The van der Waals surface area contributed by atoms with Gasteiger partial charge in [0.1, 0.15) is 17.4 Å². The van der Waals surface area contributed by atoms with Gasteiger partial charge in [-0.1, -0.05) is 32.1 Å². The van der Waals surface area contributed by atoms with E-state index in [4.69, 9.17) is 19.4 Å². The van der Waals surface area contributed by atoms with Gasteiger partial charge in [0.25, 0.3) is 0 Å². The lowest BCUT2D eigenvalue weighted by Crippen LogP contribution is -2.44. The lowest BCUT2D eigenvalue weighted by molar-refractivity contribution is 0.0933. The number of likely N-dealkylation sites (tertiary alicyclic amines) is 1. The largest absolute Gasteiger partial charge is 0.491 e. The Morgan fingerprint density at radius 1 is 1.02 bits per heavy atom. The van der Waals surface area contributed by atoms with Crippen LogP contribution in [0.2, 0.25) is 0 Å². The smallest absolute Gasteiger partial charge is 0.319 e. The molecule has 1 aliphatic carbocycles. The molecule has 2 aromatic heterocycles. The van der Waals surface area contributed by atoms with Crippen LogP contribution in [-0.4, -0.2) is 70.5 Å². The predicted octanol–water partition coefficient (Wildman–Crippen LogP) is 7.16. The first-order valence-electron chi connectivity index (χ1n) is 16.2. The van der Waals surface area contributed by atoms with Crippen LogP contribution in [0.4, 0.5) is 5.82 Å². The van der Waals surface area contributed by atoms with E-state index in [0.29, 0.717) is 18.0 Å². The topological polar surface area (TPSA) is 79.4 Å². The summed E-state index contributed by atoms with van der Waals surface area (Å²) >= 11 is 0. The molecule has 1 saturated carbocycles. The minimum Gasteiger partial charge on any atom is -0.491 e. The summed E-state index contributed by atoms with van der Waals surface area (Å²) in [6.07, 6.45) is 12.5. The molecule has 4 heterocycles. The van der Waals surface area contributed by atoms with E-state index in [1.165, 1.54) is 32.1 Å². The van der Waals surface area contributed by atoms with E-state index in [1.54, 1.807) is 0 Å². The molecule has 2 aliphatic heterocycles. The molecular formula is C35H44N6O2. The van der Waals surface area contributed by atoms with Gasteiger partial charge in [-0.3, -0.25) is 5.10 Å². The number of nitrogens with zero attached hydrogens (tertiary/aromatic N) is 5. The SMILES string of the molecule is C=Cc1cc2c(N3CCC4(CCC4)CC3)nc(OC3CCN(CC)CC3)nc2c(OCC)c1-c1c(C)ccc2[nH]ncc12. The maximum atomic E-state index is 6.61. The number of anilines is 1. The summed E-state index contributed by atoms with van der Waals surface area (Å²) in [6, 6.07) is 6.88. The molecule has 8 heteroatoms. The Bertz CT molecular complexity index is 1640. The van der Waals surface area contributed by atoms with Gasteiger partial charge < -0.3 is 19.3 Å². The quantitative estimate of drug-likeness (QED) is 0.237. The first-order valence-corrected chi connectivity index (χ1v) is 16.2. The summed E-state index contributed by atoms with van der Waals surface area (Å²) in [6.45, 7) is 16.3. The van der Waals surface area contributed by atoms with Crippen LogP contribution >= 0.6 is 0 Å². The first-order chi connectivity index (χ1) is 21.0. The molecule has 3 aliphatic rings. The molecule has 0 unspecified atom stereocenters. The highest BCUT2D eigenvalue weighted by Crippen LogP contribution is 2.51. The van der Waals surface area contributed by atoms with Crippen molar-refractivity contribution in [1.82, 2.24) is 25.1 Å². The standard InChI is InChI=1S/C35H44N6O2/c1-5-24-21-26-31(32(42-7-3)30(24)29-23(4)9-10-28-27(29)22-36-39-28)37-34(43-25-11-17-40(6-2)18-12-25)38-33(26)41-19-15-35(16-20-41)13-8-14-35/h5,9-10,21-22,25H,1,6-8,11-20H2,2-4H3,(H,36,39). The van der Waals surface area contributed by atoms with Gasteiger partial charge in [0.05, 0.1) is 18.3 Å². The van der Waals surface area contributed by atoms with Gasteiger partial charge in [0.15, 0.2) is 5.75 Å². The monoisotopic (exact) mass is 580 g/mol. The molecule has 43 heavy (non-hydrogen) atoms. The third-order valence-electron chi connectivity index (χ3n) is 10.3. The van der Waals surface area contributed by atoms with E-state index in [9.17, 15) is 0 Å². The Labute approximate surface area is 254 Å². The van der Waals surface area contributed by atoms with Crippen LogP contribution in [-0.2, 0) is 0 Å². The number of hydrogen-bond acceptors (Lipinski definition) is 7. The highest BCUT2D eigenvalue weighted by Gasteiger charge is 2.40. The molecule has 0 amide bonds. The van der Waals surface area contributed by atoms with Gasteiger partial charge in [-0.25, -0.2) is 0 Å². The molecule has 1 spiro atoms. The van der Waals surface area contributed by atoms with Crippen LogP contribution in [0.3, 0.4) is 0 Å². The molecule has 2 aromatic carbocycles. The minimum absolute atomic E-state index is 0.108. The maximum Gasteiger partial charge on any atom is 0.319 e. The van der Waals surface area contributed by atoms with Crippen LogP contribution in [0, 0.1) is 12.3 Å². The molecule has 2 saturated heterocycles. The Kier molecular flexibility index (Phi) is 7.49. The molecule has 8 nitrogen and oxygen atoms in total. The number of benzene rings is 2. The fourth-order valence-corrected chi connectivity index (χ4v) is 7.54. The zero-order valence-corrected chi connectivity index (χ0v) is 25.9. The van der Waals surface area contributed by atoms with Crippen molar-refractivity contribution in [2.45, 2.75) is 71.8 Å². The van der Waals surface area contributed by atoms with Gasteiger partial charge in [0, 0.05) is 42.5 Å².